The zero-order chi connectivity index (χ0) is 16.4. The molecule has 0 aliphatic heterocycles. The fourth-order valence-electron chi connectivity index (χ4n) is 3.01. The van der Waals surface area contributed by atoms with Crippen molar-refractivity contribution in [2.45, 2.75) is 25.2 Å². The van der Waals surface area contributed by atoms with Crippen molar-refractivity contribution in [3.8, 4) is 0 Å². The van der Waals surface area contributed by atoms with Gasteiger partial charge >= 0.3 is 5.97 Å². The summed E-state index contributed by atoms with van der Waals surface area (Å²) in [5.41, 5.74) is 3.07. The van der Waals surface area contributed by atoms with Crippen LogP contribution >= 0.6 is 0 Å². The number of amides is 1. The number of aromatic carboxylic acids is 1. The van der Waals surface area contributed by atoms with Crippen LogP contribution in [0.4, 0.5) is 0 Å². The van der Waals surface area contributed by atoms with Crippen molar-refractivity contribution in [3.05, 3.63) is 70.8 Å². The molecule has 4 nitrogen and oxygen atoms in total. The van der Waals surface area contributed by atoms with Crippen LogP contribution in [0, 0.1) is 6.92 Å². The van der Waals surface area contributed by atoms with Gasteiger partial charge in [-0.05, 0) is 49.1 Å². The highest BCUT2D eigenvalue weighted by atomic mass is 16.4. The molecule has 2 aromatic carbocycles. The average Bonchev–Trinajstić information content (AvgIpc) is 3.34. The van der Waals surface area contributed by atoms with Gasteiger partial charge in [0.05, 0.1) is 5.56 Å². The number of carboxylic acid groups (broad SMARTS) is 1. The first-order chi connectivity index (χ1) is 11.0. The molecule has 2 aromatic rings. The van der Waals surface area contributed by atoms with Crippen LogP contribution in [0.25, 0.3) is 0 Å². The van der Waals surface area contributed by atoms with E-state index in [-0.39, 0.29) is 16.9 Å². The molecule has 1 aliphatic carbocycles. The van der Waals surface area contributed by atoms with Gasteiger partial charge < -0.3 is 10.4 Å². The van der Waals surface area contributed by atoms with E-state index in [2.05, 4.69) is 24.4 Å². The zero-order valence-electron chi connectivity index (χ0n) is 13.0. The number of aryl methyl sites for hydroxylation is 1. The Kier molecular flexibility index (Phi) is 3.90. The molecule has 0 spiro atoms. The summed E-state index contributed by atoms with van der Waals surface area (Å²) in [7, 11) is 0. The highest BCUT2D eigenvalue weighted by Gasteiger charge is 2.45. The SMILES string of the molecule is Cc1ccccc1C1(CNC(=O)c2cccc(C(=O)O)c2)CC1. The van der Waals surface area contributed by atoms with Gasteiger partial charge in [-0.3, -0.25) is 4.79 Å². The Bertz CT molecular complexity index is 763. The van der Waals surface area contributed by atoms with Gasteiger partial charge in [0.1, 0.15) is 0 Å². The molecule has 118 valence electrons. The Labute approximate surface area is 135 Å². The highest BCUT2D eigenvalue weighted by molar-refractivity contribution is 5.97. The topological polar surface area (TPSA) is 66.4 Å². The number of benzene rings is 2. The van der Waals surface area contributed by atoms with Crippen LogP contribution in [0.15, 0.2) is 48.5 Å². The van der Waals surface area contributed by atoms with Crippen molar-refractivity contribution in [2.75, 3.05) is 6.54 Å². The molecule has 4 heteroatoms. The Hall–Kier alpha value is -2.62. The van der Waals surface area contributed by atoms with Gasteiger partial charge in [0.25, 0.3) is 5.91 Å². The van der Waals surface area contributed by atoms with Gasteiger partial charge in [-0.25, -0.2) is 4.79 Å². The van der Waals surface area contributed by atoms with E-state index in [4.69, 9.17) is 5.11 Å². The molecule has 0 saturated heterocycles. The Morgan fingerprint density at radius 2 is 1.78 bits per heavy atom. The number of carboxylic acids is 1. The van der Waals surface area contributed by atoms with Crippen molar-refractivity contribution in [1.82, 2.24) is 5.32 Å². The quantitative estimate of drug-likeness (QED) is 0.891. The van der Waals surface area contributed by atoms with E-state index < -0.39 is 5.97 Å². The van der Waals surface area contributed by atoms with E-state index in [9.17, 15) is 9.59 Å². The maximum Gasteiger partial charge on any atom is 0.335 e. The standard InChI is InChI=1S/C19H19NO3/c1-13-5-2-3-8-16(13)19(9-10-19)12-20-17(21)14-6-4-7-15(11-14)18(22)23/h2-8,11H,9-10,12H2,1H3,(H,20,21)(H,22,23). The van der Waals surface area contributed by atoms with Crippen LogP contribution in [0.5, 0.6) is 0 Å². The molecule has 1 fully saturated rings. The van der Waals surface area contributed by atoms with E-state index in [0.29, 0.717) is 12.1 Å². The number of carbonyl (C=O) groups excluding carboxylic acids is 1. The minimum atomic E-state index is -1.03. The fourth-order valence-corrected chi connectivity index (χ4v) is 3.01. The minimum absolute atomic E-state index is 0.0331. The van der Waals surface area contributed by atoms with Gasteiger partial charge in [0.2, 0.25) is 0 Å². The molecule has 1 saturated carbocycles. The Morgan fingerprint density at radius 1 is 1.09 bits per heavy atom. The average molecular weight is 309 g/mol. The highest BCUT2D eigenvalue weighted by Crippen LogP contribution is 2.48. The van der Waals surface area contributed by atoms with Gasteiger partial charge in [0, 0.05) is 17.5 Å². The summed E-state index contributed by atoms with van der Waals surface area (Å²) in [5, 5.41) is 12.0. The molecule has 0 atom stereocenters. The van der Waals surface area contributed by atoms with Crippen molar-refractivity contribution < 1.29 is 14.7 Å². The molecule has 1 amide bonds. The van der Waals surface area contributed by atoms with Crippen molar-refractivity contribution >= 4 is 11.9 Å². The van der Waals surface area contributed by atoms with E-state index in [1.54, 1.807) is 12.1 Å². The first-order valence-electron chi connectivity index (χ1n) is 7.69. The van der Waals surface area contributed by atoms with Crippen LogP contribution in [0.3, 0.4) is 0 Å². The predicted octanol–water partition coefficient (Wildman–Crippen LogP) is 3.15. The second-order valence-electron chi connectivity index (χ2n) is 6.16. The van der Waals surface area contributed by atoms with Crippen LogP contribution in [-0.4, -0.2) is 23.5 Å². The molecule has 3 rings (SSSR count). The summed E-state index contributed by atoms with van der Waals surface area (Å²) in [6.07, 6.45) is 2.13. The third-order valence-electron chi connectivity index (χ3n) is 4.53. The lowest BCUT2D eigenvalue weighted by atomic mass is 9.92. The number of nitrogens with one attached hydrogen (secondary N) is 1. The largest absolute Gasteiger partial charge is 0.478 e. The summed E-state index contributed by atoms with van der Waals surface area (Å²) in [4.78, 5) is 23.3. The van der Waals surface area contributed by atoms with Gasteiger partial charge in [-0.2, -0.15) is 0 Å². The third-order valence-corrected chi connectivity index (χ3v) is 4.53. The number of hydrogen-bond donors (Lipinski definition) is 2. The molecule has 0 radical (unpaired) electrons. The third kappa shape index (κ3) is 3.11. The lowest BCUT2D eigenvalue weighted by molar-refractivity contribution is 0.0697. The summed E-state index contributed by atoms with van der Waals surface area (Å²) >= 11 is 0. The fraction of sp³-hybridized carbons (Fsp3) is 0.263. The number of carbonyl (C=O) groups is 2. The normalized spacial score (nSPS) is 15.0. The maximum absolute atomic E-state index is 12.3. The summed E-state index contributed by atoms with van der Waals surface area (Å²) in [6.45, 7) is 2.67. The van der Waals surface area contributed by atoms with Gasteiger partial charge in [0.15, 0.2) is 0 Å². The molecule has 23 heavy (non-hydrogen) atoms. The molecule has 1 aliphatic rings. The van der Waals surface area contributed by atoms with Crippen LogP contribution < -0.4 is 5.32 Å². The number of hydrogen-bond acceptors (Lipinski definition) is 2. The molecule has 0 bridgehead atoms. The summed E-state index contributed by atoms with van der Waals surface area (Å²) in [6, 6.07) is 14.4. The van der Waals surface area contributed by atoms with Crippen LogP contribution in [-0.2, 0) is 5.41 Å². The van der Waals surface area contributed by atoms with Gasteiger partial charge in [-0.1, -0.05) is 30.3 Å². The van der Waals surface area contributed by atoms with Crippen LogP contribution in [0.2, 0.25) is 0 Å². The number of rotatable bonds is 5. The van der Waals surface area contributed by atoms with E-state index in [1.165, 1.54) is 23.3 Å². The first-order valence-corrected chi connectivity index (χ1v) is 7.69. The van der Waals surface area contributed by atoms with E-state index in [0.717, 1.165) is 12.8 Å². The summed E-state index contributed by atoms with van der Waals surface area (Å²) < 4.78 is 0. The van der Waals surface area contributed by atoms with Gasteiger partial charge in [-0.15, -0.1) is 0 Å². The minimum Gasteiger partial charge on any atom is -0.478 e. The predicted molar refractivity (Wildman–Crippen MR) is 87.8 cm³/mol. The molecule has 2 N–H and O–H groups in total. The zero-order valence-corrected chi connectivity index (χ0v) is 13.0. The van der Waals surface area contributed by atoms with E-state index in [1.807, 2.05) is 12.1 Å². The second kappa shape index (κ2) is 5.88. The van der Waals surface area contributed by atoms with Crippen molar-refractivity contribution in [2.24, 2.45) is 0 Å². The monoisotopic (exact) mass is 309 g/mol. The van der Waals surface area contributed by atoms with Crippen molar-refractivity contribution in [3.63, 3.8) is 0 Å². The Balaban J connectivity index is 1.71. The summed E-state index contributed by atoms with van der Waals surface area (Å²) in [5.74, 6) is -1.26. The molecular formula is C19H19NO3. The Morgan fingerprint density at radius 3 is 2.43 bits per heavy atom. The molecule has 0 aromatic heterocycles. The lowest BCUT2D eigenvalue weighted by Crippen LogP contribution is -2.32. The molecule has 0 heterocycles. The smallest absolute Gasteiger partial charge is 0.335 e. The van der Waals surface area contributed by atoms with Crippen molar-refractivity contribution in [1.29, 1.82) is 0 Å². The molecule has 0 unspecified atom stereocenters. The maximum atomic E-state index is 12.3. The first kappa shape index (κ1) is 15.3. The molecular weight excluding hydrogens is 290 g/mol. The lowest BCUT2D eigenvalue weighted by Gasteiger charge is -2.19. The second-order valence-corrected chi connectivity index (χ2v) is 6.16. The van der Waals surface area contributed by atoms with E-state index >= 15 is 0 Å². The van der Waals surface area contributed by atoms with Crippen LogP contribution in [0.1, 0.15) is 44.7 Å².